The lowest BCUT2D eigenvalue weighted by Gasteiger charge is -2.14. The lowest BCUT2D eigenvalue weighted by molar-refractivity contribution is -0.122. The number of benzene rings is 3. The van der Waals surface area contributed by atoms with E-state index in [1.165, 1.54) is 17.3 Å². The van der Waals surface area contributed by atoms with Gasteiger partial charge in [0.25, 0.3) is 5.91 Å². The third-order valence-corrected chi connectivity index (χ3v) is 6.63. The number of hydrogen-bond acceptors (Lipinski definition) is 4. The monoisotopic (exact) mass is 465 g/mol. The van der Waals surface area contributed by atoms with Gasteiger partial charge in [0.2, 0.25) is 0 Å². The third-order valence-electron chi connectivity index (χ3n) is 4.88. The summed E-state index contributed by atoms with van der Waals surface area (Å²) in [5.74, 6) is 0.600. The highest BCUT2D eigenvalue weighted by atomic mass is 35.5. The molecule has 1 amide bonds. The van der Waals surface area contributed by atoms with Gasteiger partial charge in [-0.3, -0.25) is 9.69 Å². The van der Waals surface area contributed by atoms with Gasteiger partial charge < -0.3 is 4.74 Å². The second-order valence-corrected chi connectivity index (χ2v) is 9.25. The van der Waals surface area contributed by atoms with Crippen LogP contribution in [-0.4, -0.2) is 15.1 Å². The van der Waals surface area contributed by atoms with Crippen LogP contribution < -0.4 is 4.74 Å². The van der Waals surface area contributed by atoms with Gasteiger partial charge in [0.1, 0.15) is 16.7 Å². The largest absolute Gasteiger partial charge is 0.488 e. The van der Waals surface area contributed by atoms with E-state index in [1.54, 1.807) is 4.90 Å². The maximum atomic E-state index is 13.0. The molecule has 3 aromatic rings. The topological polar surface area (TPSA) is 29.5 Å². The summed E-state index contributed by atoms with van der Waals surface area (Å²) < 4.78 is 6.58. The normalized spacial score (nSPS) is 15.0. The predicted octanol–water partition coefficient (Wildman–Crippen LogP) is 6.63. The van der Waals surface area contributed by atoms with Crippen LogP contribution in [0.2, 0.25) is 5.02 Å². The first-order valence-corrected chi connectivity index (χ1v) is 11.4. The Kier molecular flexibility index (Phi) is 6.76. The molecule has 0 saturated carbocycles. The molecule has 3 nitrogen and oxygen atoms in total. The minimum Gasteiger partial charge on any atom is -0.488 e. The molecule has 1 fully saturated rings. The fourth-order valence-electron chi connectivity index (χ4n) is 3.16. The van der Waals surface area contributed by atoms with Crippen molar-refractivity contribution in [2.24, 2.45) is 0 Å². The van der Waals surface area contributed by atoms with Crippen LogP contribution in [0.1, 0.15) is 22.3 Å². The highest BCUT2D eigenvalue weighted by Crippen LogP contribution is 2.35. The highest BCUT2D eigenvalue weighted by molar-refractivity contribution is 8.26. The molecule has 156 valence electrons. The zero-order valence-electron chi connectivity index (χ0n) is 16.9. The second-order valence-electron chi connectivity index (χ2n) is 7.17. The summed E-state index contributed by atoms with van der Waals surface area (Å²) in [4.78, 5) is 15.2. The summed E-state index contributed by atoms with van der Waals surface area (Å²) in [6.45, 7) is 2.85. The summed E-state index contributed by atoms with van der Waals surface area (Å²) in [6.07, 6.45) is 1.84. The van der Waals surface area contributed by atoms with Crippen LogP contribution in [-0.2, 0) is 17.9 Å². The van der Waals surface area contributed by atoms with Crippen LogP contribution in [0.3, 0.4) is 0 Å². The van der Waals surface area contributed by atoms with Crippen molar-refractivity contribution < 1.29 is 9.53 Å². The molecule has 4 rings (SSSR count). The molecule has 0 aliphatic carbocycles. The molecule has 0 bridgehead atoms. The molecule has 0 unspecified atom stereocenters. The summed E-state index contributed by atoms with van der Waals surface area (Å²) in [5, 5.41) is 0.664. The van der Waals surface area contributed by atoms with Crippen LogP contribution in [0.25, 0.3) is 6.08 Å². The van der Waals surface area contributed by atoms with E-state index in [1.807, 2.05) is 85.8 Å². The quantitative estimate of drug-likeness (QED) is 0.302. The van der Waals surface area contributed by atoms with E-state index in [0.717, 1.165) is 16.7 Å². The minimum atomic E-state index is -0.0866. The van der Waals surface area contributed by atoms with Gasteiger partial charge in [0.15, 0.2) is 0 Å². The van der Waals surface area contributed by atoms with E-state index in [4.69, 9.17) is 28.6 Å². The number of nitrogens with zero attached hydrogens (tertiary/aromatic N) is 1. The number of hydrogen-bond donors (Lipinski definition) is 0. The van der Waals surface area contributed by atoms with Crippen LogP contribution in [0, 0.1) is 6.92 Å². The molecular weight excluding hydrogens is 446 g/mol. The van der Waals surface area contributed by atoms with E-state index >= 15 is 0 Å². The Morgan fingerprint density at radius 1 is 1.03 bits per heavy atom. The van der Waals surface area contributed by atoms with Gasteiger partial charge in [-0.25, -0.2) is 0 Å². The van der Waals surface area contributed by atoms with Crippen LogP contribution in [0.5, 0.6) is 5.75 Å². The Morgan fingerprint density at radius 2 is 1.74 bits per heavy atom. The van der Waals surface area contributed by atoms with Crippen molar-refractivity contribution in [3.63, 3.8) is 0 Å². The molecule has 1 saturated heterocycles. The second kappa shape index (κ2) is 9.69. The van der Waals surface area contributed by atoms with E-state index in [-0.39, 0.29) is 5.91 Å². The number of para-hydroxylation sites is 1. The first-order chi connectivity index (χ1) is 15.0. The molecule has 31 heavy (non-hydrogen) atoms. The molecule has 6 heteroatoms. The Morgan fingerprint density at radius 3 is 2.52 bits per heavy atom. The molecule has 0 radical (unpaired) electrons. The van der Waals surface area contributed by atoms with Crippen LogP contribution in [0.15, 0.2) is 77.7 Å². The fraction of sp³-hybridized carbons (Fsp3) is 0.120. The van der Waals surface area contributed by atoms with Gasteiger partial charge in [0, 0.05) is 16.1 Å². The molecule has 0 N–H and O–H groups in total. The molecular formula is C25H20ClNO2S2. The summed E-state index contributed by atoms with van der Waals surface area (Å²) in [6, 6.07) is 23.3. The highest BCUT2D eigenvalue weighted by Gasteiger charge is 2.32. The Balaban J connectivity index is 1.52. The number of thioether (sulfide) groups is 1. The predicted molar refractivity (Wildman–Crippen MR) is 132 cm³/mol. The van der Waals surface area contributed by atoms with Gasteiger partial charge in [-0.15, -0.1) is 0 Å². The van der Waals surface area contributed by atoms with Crippen molar-refractivity contribution in [1.82, 2.24) is 4.90 Å². The Labute approximate surface area is 196 Å². The van der Waals surface area contributed by atoms with Crippen molar-refractivity contribution in [1.29, 1.82) is 0 Å². The third kappa shape index (κ3) is 5.18. The average molecular weight is 466 g/mol. The standard InChI is InChI=1S/C25H20ClNO2S2/c1-17-10-12-18(13-11-17)15-27-24(28)23(31-25(27)30)14-19-6-3-5-9-22(19)29-16-20-7-2-4-8-21(20)26/h2-14H,15-16H2,1H3/b23-14-. The smallest absolute Gasteiger partial charge is 0.266 e. The number of carbonyl (C=O) groups is 1. The number of rotatable bonds is 6. The molecule has 0 aromatic heterocycles. The summed E-state index contributed by atoms with van der Waals surface area (Å²) in [7, 11) is 0. The first-order valence-electron chi connectivity index (χ1n) is 9.77. The van der Waals surface area contributed by atoms with Gasteiger partial charge >= 0.3 is 0 Å². The van der Waals surface area contributed by atoms with Gasteiger partial charge in [-0.1, -0.05) is 102 Å². The molecule has 0 spiro atoms. The lowest BCUT2D eigenvalue weighted by atomic mass is 10.1. The minimum absolute atomic E-state index is 0.0866. The Bertz CT molecular complexity index is 1160. The molecule has 3 aromatic carbocycles. The number of halogens is 1. The van der Waals surface area contributed by atoms with E-state index in [0.29, 0.717) is 33.1 Å². The first kappa shape index (κ1) is 21.6. The van der Waals surface area contributed by atoms with Crippen molar-refractivity contribution in [3.05, 3.63) is 105 Å². The SMILES string of the molecule is Cc1ccc(CN2C(=O)/C(=C/c3ccccc3OCc3ccccc3Cl)SC2=S)cc1. The van der Waals surface area contributed by atoms with Gasteiger partial charge in [-0.05, 0) is 30.7 Å². The fourth-order valence-corrected chi connectivity index (χ4v) is 4.59. The maximum Gasteiger partial charge on any atom is 0.266 e. The Hall–Kier alpha value is -2.60. The molecule has 0 atom stereocenters. The molecule has 1 aliphatic heterocycles. The van der Waals surface area contributed by atoms with Crippen molar-refractivity contribution in [2.45, 2.75) is 20.1 Å². The zero-order chi connectivity index (χ0) is 21.8. The maximum absolute atomic E-state index is 13.0. The average Bonchev–Trinajstić information content (AvgIpc) is 3.03. The van der Waals surface area contributed by atoms with Gasteiger partial charge in [0.05, 0.1) is 11.4 Å². The number of aryl methyl sites for hydroxylation is 1. The van der Waals surface area contributed by atoms with Crippen LogP contribution >= 0.6 is 35.6 Å². The number of ether oxygens (including phenoxy) is 1. The molecule has 1 heterocycles. The summed E-state index contributed by atoms with van der Waals surface area (Å²) in [5.41, 5.74) is 3.96. The van der Waals surface area contributed by atoms with Crippen LogP contribution in [0.4, 0.5) is 0 Å². The summed E-state index contributed by atoms with van der Waals surface area (Å²) >= 11 is 13.0. The van der Waals surface area contributed by atoms with Crippen molar-refractivity contribution >= 4 is 51.9 Å². The van der Waals surface area contributed by atoms with E-state index in [9.17, 15) is 4.79 Å². The van der Waals surface area contributed by atoms with Crippen molar-refractivity contribution in [2.75, 3.05) is 0 Å². The van der Waals surface area contributed by atoms with E-state index in [2.05, 4.69) is 0 Å². The molecule has 1 aliphatic rings. The number of carbonyl (C=O) groups excluding carboxylic acids is 1. The van der Waals surface area contributed by atoms with Crippen molar-refractivity contribution in [3.8, 4) is 5.75 Å². The van der Waals surface area contributed by atoms with E-state index < -0.39 is 0 Å². The number of amides is 1. The number of thiocarbonyl (C=S) groups is 1. The van der Waals surface area contributed by atoms with Gasteiger partial charge in [-0.2, -0.15) is 0 Å². The zero-order valence-corrected chi connectivity index (χ0v) is 19.3. The lowest BCUT2D eigenvalue weighted by Crippen LogP contribution is -2.27.